The lowest BCUT2D eigenvalue weighted by Gasteiger charge is -2.25. The number of hydrogen-bond donors (Lipinski definition) is 0. The van der Waals surface area contributed by atoms with Crippen molar-refractivity contribution >= 4 is 15.9 Å². The molecule has 0 N–H and O–H groups in total. The molecule has 0 spiro atoms. The molecule has 0 aliphatic heterocycles. The maximum absolute atomic E-state index is 4.15. The molecule has 2 aromatic carbocycles. The van der Waals surface area contributed by atoms with E-state index in [4.69, 9.17) is 0 Å². The van der Waals surface area contributed by atoms with E-state index in [1.165, 1.54) is 11.1 Å². The van der Waals surface area contributed by atoms with Gasteiger partial charge in [-0.1, -0.05) is 40.2 Å². The van der Waals surface area contributed by atoms with Gasteiger partial charge in [0, 0.05) is 17.1 Å². The van der Waals surface area contributed by atoms with Gasteiger partial charge in [-0.25, -0.2) is 9.67 Å². The number of halogens is 1. The predicted molar refractivity (Wildman–Crippen MR) is 95.4 cm³/mol. The van der Waals surface area contributed by atoms with Crippen molar-refractivity contribution in [2.75, 3.05) is 7.05 Å². The van der Waals surface area contributed by atoms with Gasteiger partial charge in [0.05, 0.1) is 5.69 Å². The summed E-state index contributed by atoms with van der Waals surface area (Å²) in [5, 5.41) is 4.15. The minimum absolute atomic E-state index is 0.332. The fourth-order valence-electron chi connectivity index (χ4n) is 2.56. The molecule has 4 nitrogen and oxygen atoms in total. The van der Waals surface area contributed by atoms with Crippen molar-refractivity contribution in [3.8, 4) is 5.69 Å². The highest BCUT2D eigenvalue weighted by Crippen LogP contribution is 2.22. The molecule has 0 aliphatic carbocycles. The quantitative estimate of drug-likeness (QED) is 0.673. The second kappa shape index (κ2) is 7.06. The summed E-state index contributed by atoms with van der Waals surface area (Å²) in [6, 6.07) is 17.2. The topological polar surface area (TPSA) is 34.0 Å². The van der Waals surface area contributed by atoms with Gasteiger partial charge in [0.2, 0.25) is 0 Å². The van der Waals surface area contributed by atoms with Gasteiger partial charge in [-0.3, -0.25) is 4.90 Å². The molecular weight excluding hydrogens is 352 g/mol. The Morgan fingerprint density at radius 1 is 1.17 bits per heavy atom. The molecule has 1 unspecified atom stereocenters. The van der Waals surface area contributed by atoms with E-state index in [0.717, 1.165) is 16.7 Å². The zero-order valence-corrected chi connectivity index (χ0v) is 14.8. The smallest absolute Gasteiger partial charge is 0.138 e. The number of benzene rings is 2. The first-order valence-electron chi connectivity index (χ1n) is 7.53. The van der Waals surface area contributed by atoms with Crippen molar-refractivity contribution in [2.24, 2.45) is 0 Å². The molecule has 0 aliphatic rings. The molecule has 1 aromatic heterocycles. The van der Waals surface area contributed by atoms with E-state index in [1.54, 1.807) is 17.3 Å². The maximum Gasteiger partial charge on any atom is 0.138 e. The van der Waals surface area contributed by atoms with Gasteiger partial charge >= 0.3 is 0 Å². The summed E-state index contributed by atoms with van der Waals surface area (Å²) < 4.78 is 2.88. The molecule has 0 saturated carbocycles. The first-order valence-corrected chi connectivity index (χ1v) is 8.32. The summed E-state index contributed by atoms with van der Waals surface area (Å²) >= 11 is 3.53. The lowest BCUT2D eigenvalue weighted by atomic mass is 10.1. The van der Waals surface area contributed by atoms with E-state index in [0.29, 0.717) is 6.04 Å². The van der Waals surface area contributed by atoms with Crippen LogP contribution in [0.1, 0.15) is 24.1 Å². The van der Waals surface area contributed by atoms with Gasteiger partial charge in [-0.05, 0) is 49.4 Å². The largest absolute Gasteiger partial charge is 0.295 e. The second-order valence-corrected chi connectivity index (χ2v) is 6.57. The summed E-state index contributed by atoms with van der Waals surface area (Å²) in [6.45, 7) is 3.13. The molecule has 0 bridgehead atoms. The van der Waals surface area contributed by atoms with Crippen LogP contribution in [0, 0.1) is 0 Å². The number of rotatable bonds is 5. The molecule has 0 fully saturated rings. The van der Waals surface area contributed by atoms with Crippen molar-refractivity contribution in [3.63, 3.8) is 0 Å². The van der Waals surface area contributed by atoms with Crippen LogP contribution in [-0.2, 0) is 6.54 Å². The third-order valence-electron chi connectivity index (χ3n) is 4.04. The standard InChI is InChI=1S/C18H19BrN4/c1-14(22(2)11-15-4-3-5-17(19)10-15)16-6-8-18(9-7-16)23-13-20-12-21-23/h3-10,12-14H,11H2,1-2H3. The molecule has 1 atom stereocenters. The summed E-state index contributed by atoms with van der Waals surface area (Å²) in [5.41, 5.74) is 3.60. The lowest BCUT2D eigenvalue weighted by molar-refractivity contribution is 0.253. The Hall–Kier alpha value is -1.98. The molecule has 0 saturated heterocycles. The van der Waals surface area contributed by atoms with Gasteiger partial charge in [0.1, 0.15) is 12.7 Å². The average Bonchev–Trinajstić information content (AvgIpc) is 3.09. The Morgan fingerprint density at radius 2 is 1.96 bits per heavy atom. The van der Waals surface area contributed by atoms with Crippen LogP contribution in [0.5, 0.6) is 0 Å². The first-order chi connectivity index (χ1) is 11.1. The van der Waals surface area contributed by atoms with Crippen LogP contribution in [0.2, 0.25) is 0 Å². The Morgan fingerprint density at radius 3 is 2.61 bits per heavy atom. The van der Waals surface area contributed by atoms with Crippen molar-refractivity contribution in [2.45, 2.75) is 19.5 Å². The van der Waals surface area contributed by atoms with E-state index in [-0.39, 0.29) is 0 Å². The molecule has 0 amide bonds. The summed E-state index contributed by atoms with van der Waals surface area (Å²) in [5.74, 6) is 0. The minimum Gasteiger partial charge on any atom is -0.295 e. The molecule has 23 heavy (non-hydrogen) atoms. The molecule has 3 aromatic rings. The van der Waals surface area contributed by atoms with E-state index >= 15 is 0 Å². The Kier molecular flexibility index (Phi) is 4.88. The van der Waals surface area contributed by atoms with Crippen molar-refractivity contribution in [3.05, 3.63) is 76.8 Å². The highest BCUT2D eigenvalue weighted by Gasteiger charge is 2.12. The van der Waals surface area contributed by atoms with E-state index < -0.39 is 0 Å². The van der Waals surface area contributed by atoms with Crippen LogP contribution >= 0.6 is 15.9 Å². The highest BCUT2D eigenvalue weighted by molar-refractivity contribution is 9.10. The third-order valence-corrected chi connectivity index (χ3v) is 4.53. The van der Waals surface area contributed by atoms with E-state index in [9.17, 15) is 0 Å². The monoisotopic (exact) mass is 370 g/mol. The summed E-state index contributed by atoms with van der Waals surface area (Å²) in [7, 11) is 2.15. The van der Waals surface area contributed by atoms with Crippen molar-refractivity contribution in [1.82, 2.24) is 19.7 Å². The Labute approximate surface area is 144 Å². The lowest BCUT2D eigenvalue weighted by Crippen LogP contribution is -2.21. The number of aromatic nitrogens is 3. The first kappa shape index (κ1) is 15.9. The second-order valence-electron chi connectivity index (χ2n) is 5.65. The normalized spacial score (nSPS) is 12.5. The van der Waals surface area contributed by atoms with E-state index in [1.807, 2.05) is 0 Å². The molecule has 118 valence electrons. The zero-order valence-electron chi connectivity index (χ0n) is 13.2. The van der Waals surface area contributed by atoms with Crippen LogP contribution < -0.4 is 0 Å². The van der Waals surface area contributed by atoms with Gasteiger partial charge in [-0.2, -0.15) is 5.10 Å². The fourth-order valence-corrected chi connectivity index (χ4v) is 3.01. The molecule has 0 radical (unpaired) electrons. The maximum atomic E-state index is 4.15. The van der Waals surface area contributed by atoms with Crippen LogP contribution in [-0.4, -0.2) is 26.7 Å². The fraction of sp³-hybridized carbons (Fsp3) is 0.222. The number of nitrogens with zero attached hydrogens (tertiary/aromatic N) is 4. The van der Waals surface area contributed by atoms with Crippen LogP contribution in [0.4, 0.5) is 0 Å². The molecule has 3 rings (SSSR count). The van der Waals surface area contributed by atoms with Gasteiger partial charge < -0.3 is 0 Å². The van der Waals surface area contributed by atoms with Gasteiger partial charge in [0.15, 0.2) is 0 Å². The van der Waals surface area contributed by atoms with Crippen LogP contribution in [0.15, 0.2) is 65.7 Å². The SMILES string of the molecule is CC(c1ccc(-n2cncn2)cc1)N(C)Cc1cccc(Br)c1. The van der Waals surface area contributed by atoms with Crippen LogP contribution in [0.3, 0.4) is 0 Å². The highest BCUT2D eigenvalue weighted by atomic mass is 79.9. The predicted octanol–water partition coefficient (Wildman–Crippen LogP) is 4.22. The Bertz CT molecular complexity index is 753. The molecular formula is C18H19BrN4. The number of hydrogen-bond acceptors (Lipinski definition) is 3. The van der Waals surface area contributed by atoms with Gasteiger partial charge in [-0.15, -0.1) is 0 Å². The van der Waals surface area contributed by atoms with Crippen molar-refractivity contribution in [1.29, 1.82) is 0 Å². The van der Waals surface area contributed by atoms with Crippen LogP contribution in [0.25, 0.3) is 5.69 Å². The van der Waals surface area contributed by atoms with E-state index in [2.05, 4.69) is 93.4 Å². The summed E-state index contributed by atoms with van der Waals surface area (Å²) in [6.07, 6.45) is 3.25. The molecule has 1 heterocycles. The third kappa shape index (κ3) is 3.86. The molecule has 5 heteroatoms. The average molecular weight is 371 g/mol. The van der Waals surface area contributed by atoms with Gasteiger partial charge in [0.25, 0.3) is 0 Å². The Balaban J connectivity index is 1.70. The van der Waals surface area contributed by atoms with Crippen molar-refractivity contribution < 1.29 is 0 Å². The summed E-state index contributed by atoms with van der Waals surface area (Å²) in [4.78, 5) is 6.32. The zero-order chi connectivity index (χ0) is 16.2. The minimum atomic E-state index is 0.332.